The predicted octanol–water partition coefficient (Wildman–Crippen LogP) is -1.74. The van der Waals surface area contributed by atoms with Gasteiger partial charge in [0.15, 0.2) is 23.6 Å². The number of fused-ring (bicyclic) bond motifs is 5. The van der Waals surface area contributed by atoms with Crippen molar-refractivity contribution in [1.29, 1.82) is 0 Å². The fourth-order valence-corrected chi connectivity index (χ4v) is 7.28. The number of H-pyrrole nitrogens is 1. The number of aromatic amines is 1. The Morgan fingerprint density at radius 3 is 2.38 bits per heavy atom. The molecule has 3 fully saturated rings. The molecule has 3 saturated heterocycles. The minimum atomic E-state index is -5.11. The molecule has 242 valence electrons. The van der Waals surface area contributed by atoms with E-state index in [1.807, 2.05) is 0 Å². The molecule has 24 heteroatoms. The summed E-state index contributed by atoms with van der Waals surface area (Å²) in [7, 11) is -10.2. The van der Waals surface area contributed by atoms with Gasteiger partial charge in [-0.2, -0.15) is 4.98 Å². The lowest BCUT2D eigenvalue weighted by atomic mass is 10.1. The SMILES string of the molecule is Nc1nc2c(ncn2[C@@H]2O[C@@H]3COP(=O)(O)O[C@H]4[C@@H](O)[C@H](n5nnc6c(N)cccc65)O[C@@H]4COP(=O)(O)O[C@@H]2[C@@H]3O)c(=O)[nH]1. The van der Waals surface area contributed by atoms with Gasteiger partial charge in [0.2, 0.25) is 5.95 Å². The number of nitrogens with one attached hydrogen (secondary N) is 1. The maximum atomic E-state index is 13.2. The van der Waals surface area contributed by atoms with Crippen molar-refractivity contribution in [3.8, 4) is 0 Å². The van der Waals surface area contributed by atoms with Crippen molar-refractivity contribution in [1.82, 2.24) is 34.5 Å². The molecule has 1 aromatic carbocycles. The van der Waals surface area contributed by atoms with Gasteiger partial charge in [-0.25, -0.2) is 18.8 Å². The highest BCUT2D eigenvalue weighted by atomic mass is 31.2. The van der Waals surface area contributed by atoms with Crippen LogP contribution < -0.4 is 17.0 Å². The summed E-state index contributed by atoms with van der Waals surface area (Å²) in [6.45, 7) is -1.64. The number of imidazole rings is 1. The molecule has 0 spiro atoms. The average molecular weight is 673 g/mol. The Morgan fingerprint density at radius 2 is 1.62 bits per heavy atom. The Hall–Kier alpha value is -3.37. The molecule has 7 rings (SSSR count). The quantitative estimate of drug-likeness (QED) is 0.0917. The first kappa shape index (κ1) is 30.3. The van der Waals surface area contributed by atoms with Crippen molar-refractivity contribution < 1.29 is 56.7 Å². The summed E-state index contributed by atoms with van der Waals surface area (Å²) in [5.41, 5.74) is 11.5. The molecule has 3 aromatic heterocycles. The van der Waals surface area contributed by atoms with Crippen LogP contribution in [0.2, 0.25) is 0 Å². The van der Waals surface area contributed by atoms with Gasteiger partial charge in [0.05, 0.1) is 30.7 Å². The summed E-state index contributed by atoms with van der Waals surface area (Å²) in [6, 6.07) is 4.77. The van der Waals surface area contributed by atoms with Crippen molar-refractivity contribution in [3.05, 3.63) is 34.9 Å². The highest BCUT2D eigenvalue weighted by Crippen LogP contribution is 2.53. The predicted molar refractivity (Wildman–Crippen MR) is 146 cm³/mol. The molecule has 2 bridgehead atoms. The highest BCUT2D eigenvalue weighted by Gasteiger charge is 2.54. The van der Waals surface area contributed by atoms with Gasteiger partial charge in [-0.15, -0.1) is 5.10 Å². The van der Waals surface area contributed by atoms with E-state index in [1.165, 1.54) is 0 Å². The van der Waals surface area contributed by atoms with Gasteiger partial charge in [-0.3, -0.25) is 32.4 Å². The number of nitrogens with zero attached hydrogens (tertiary/aromatic N) is 6. The number of ether oxygens (including phenoxy) is 2. The Kier molecular flexibility index (Phi) is 7.32. The Balaban J connectivity index is 1.21. The van der Waals surface area contributed by atoms with Crippen LogP contribution >= 0.6 is 15.6 Å². The molecular weight excluding hydrogens is 648 g/mol. The lowest BCUT2D eigenvalue weighted by Crippen LogP contribution is -2.36. The molecule has 2 unspecified atom stereocenters. The molecule has 0 aliphatic carbocycles. The summed E-state index contributed by atoms with van der Waals surface area (Å²) in [5.74, 6) is -0.282. The normalized spacial score (nSPS) is 37.7. The molecule has 0 amide bonds. The maximum absolute atomic E-state index is 13.2. The Bertz CT molecular complexity index is 1930. The van der Waals surface area contributed by atoms with Crippen molar-refractivity contribution >= 4 is 49.5 Å². The first-order valence-electron chi connectivity index (χ1n) is 13.1. The van der Waals surface area contributed by atoms with Crippen LogP contribution in [-0.2, 0) is 36.7 Å². The second-order valence-corrected chi connectivity index (χ2v) is 13.1. The summed E-state index contributed by atoms with van der Waals surface area (Å²) in [6.07, 6.45) is -11.6. The van der Waals surface area contributed by atoms with Crippen molar-refractivity contribution in [2.24, 2.45) is 0 Å². The summed E-state index contributed by atoms with van der Waals surface area (Å²) in [4.78, 5) is 43.8. The number of aromatic nitrogens is 7. The Labute approximate surface area is 249 Å². The zero-order chi connectivity index (χ0) is 31.8. The molecule has 3 aliphatic rings. The number of nitrogen functional groups attached to an aromatic ring is 2. The van der Waals surface area contributed by atoms with Crippen LogP contribution in [0, 0.1) is 0 Å². The molecule has 0 saturated carbocycles. The average Bonchev–Trinajstić information content (AvgIpc) is 3.72. The number of phosphoric ester groups is 2. The van der Waals surface area contributed by atoms with Gasteiger partial charge in [0.25, 0.3) is 5.56 Å². The van der Waals surface area contributed by atoms with E-state index in [2.05, 4.69) is 25.3 Å². The zero-order valence-electron chi connectivity index (χ0n) is 22.5. The molecule has 0 radical (unpaired) electrons. The van der Waals surface area contributed by atoms with Gasteiger partial charge in [0, 0.05) is 0 Å². The number of hydrogen-bond acceptors (Lipinski definition) is 17. The van der Waals surface area contributed by atoms with Crippen LogP contribution in [-0.4, -0.2) is 104 Å². The number of aliphatic hydroxyl groups is 2. The molecule has 9 N–H and O–H groups in total. The van der Waals surface area contributed by atoms with E-state index in [0.29, 0.717) is 5.52 Å². The first-order chi connectivity index (χ1) is 21.3. The van der Waals surface area contributed by atoms with Crippen LogP contribution in [0.5, 0.6) is 0 Å². The topological polar surface area (TPSA) is 317 Å². The van der Waals surface area contributed by atoms with E-state index in [0.717, 1.165) is 15.6 Å². The second kappa shape index (κ2) is 10.9. The standard InChI is InChI=1S/C21H25N9O13P2/c22-7-2-1-3-8-11(7)27-28-30(8)19-14(32)15-10(41-19)5-39-45(36,37)43-16-13(31)9(4-38-44(34,35)42-15)40-20(16)29-6-24-12-17(29)25-21(23)26-18(12)33/h1-3,6,9-10,13-16,19-20,31-32H,4-5,22H2,(H,34,35)(H,36,37)(H3,23,25,26,33)/t9-,10-,13-,14-,15-,16-,19-,20-/m1/s1. The molecular formula is C21H25N9O13P2. The van der Waals surface area contributed by atoms with Gasteiger partial charge in [-0.05, 0) is 12.1 Å². The summed E-state index contributed by atoms with van der Waals surface area (Å²) in [5, 5.41) is 30.1. The van der Waals surface area contributed by atoms with Crippen LogP contribution in [0.1, 0.15) is 12.5 Å². The van der Waals surface area contributed by atoms with E-state index >= 15 is 0 Å². The number of anilines is 2. The summed E-state index contributed by atoms with van der Waals surface area (Å²) >= 11 is 0. The van der Waals surface area contributed by atoms with E-state index in [4.69, 9.17) is 39.0 Å². The third-order valence-corrected chi connectivity index (χ3v) is 9.41. The van der Waals surface area contributed by atoms with E-state index in [9.17, 15) is 33.9 Å². The Morgan fingerprint density at radius 1 is 0.933 bits per heavy atom. The van der Waals surface area contributed by atoms with Crippen molar-refractivity contribution in [2.75, 3.05) is 24.7 Å². The molecule has 3 aliphatic heterocycles. The third-order valence-electron chi connectivity index (χ3n) is 7.44. The number of hydrogen-bond donors (Lipinski definition) is 7. The van der Waals surface area contributed by atoms with Crippen LogP contribution in [0.15, 0.2) is 29.3 Å². The number of benzene rings is 1. The zero-order valence-corrected chi connectivity index (χ0v) is 24.3. The third kappa shape index (κ3) is 5.33. The molecule has 10 atom stereocenters. The molecule has 4 aromatic rings. The largest absolute Gasteiger partial charge is 0.472 e. The number of rotatable bonds is 2. The smallest absolute Gasteiger partial charge is 0.397 e. The molecule has 45 heavy (non-hydrogen) atoms. The minimum absolute atomic E-state index is 0.126. The van der Waals surface area contributed by atoms with Gasteiger partial charge in [-0.1, -0.05) is 11.3 Å². The van der Waals surface area contributed by atoms with Crippen LogP contribution in [0.25, 0.3) is 22.2 Å². The van der Waals surface area contributed by atoms with Gasteiger partial charge >= 0.3 is 15.6 Å². The lowest BCUT2D eigenvalue weighted by molar-refractivity contribution is -0.0690. The van der Waals surface area contributed by atoms with Gasteiger partial charge < -0.3 is 40.9 Å². The summed E-state index contributed by atoms with van der Waals surface area (Å²) < 4.78 is 61.0. The maximum Gasteiger partial charge on any atom is 0.472 e. The monoisotopic (exact) mass is 673 g/mol. The van der Waals surface area contributed by atoms with Crippen molar-refractivity contribution in [2.45, 2.75) is 49.1 Å². The van der Waals surface area contributed by atoms with Crippen LogP contribution in [0.4, 0.5) is 11.6 Å². The van der Waals surface area contributed by atoms with Crippen molar-refractivity contribution in [3.63, 3.8) is 0 Å². The molecule has 6 heterocycles. The fourth-order valence-electron chi connectivity index (χ4n) is 5.38. The van der Waals surface area contributed by atoms with E-state index in [1.54, 1.807) is 18.2 Å². The minimum Gasteiger partial charge on any atom is -0.397 e. The second-order valence-electron chi connectivity index (χ2n) is 10.3. The number of nitrogens with two attached hydrogens (primary N) is 2. The van der Waals surface area contributed by atoms with E-state index < -0.39 is 83.5 Å². The highest BCUT2D eigenvalue weighted by molar-refractivity contribution is 7.47. The van der Waals surface area contributed by atoms with Gasteiger partial charge in [0.1, 0.15) is 42.1 Å². The molecule has 22 nitrogen and oxygen atoms in total. The fraction of sp³-hybridized carbons (Fsp3) is 0.476. The number of aliphatic hydroxyl groups excluding tert-OH is 2. The van der Waals surface area contributed by atoms with Crippen LogP contribution in [0.3, 0.4) is 0 Å². The first-order valence-corrected chi connectivity index (χ1v) is 16.1. The van der Waals surface area contributed by atoms with E-state index in [-0.39, 0.29) is 28.3 Å². The number of phosphoric acid groups is 2. The lowest BCUT2D eigenvalue weighted by Gasteiger charge is -2.25.